The molecule has 0 saturated carbocycles. The van der Waals surface area contributed by atoms with E-state index in [1.807, 2.05) is 12.1 Å². The van der Waals surface area contributed by atoms with Crippen LogP contribution in [0.3, 0.4) is 0 Å². The predicted molar refractivity (Wildman–Crippen MR) is 90.3 cm³/mol. The zero-order valence-electron chi connectivity index (χ0n) is 13.0. The Labute approximate surface area is 141 Å². The molecule has 1 heterocycles. The highest BCUT2D eigenvalue weighted by molar-refractivity contribution is 5.93. The maximum Gasteiger partial charge on any atom is 0.409 e. The fourth-order valence-corrected chi connectivity index (χ4v) is 2.41. The zero-order valence-corrected chi connectivity index (χ0v) is 13.0. The molecule has 1 aromatic heterocycles. The van der Waals surface area contributed by atoms with Gasteiger partial charge >= 0.3 is 12.1 Å². The highest BCUT2D eigenvalue weighted by atomic mass is 16.5. The number of carbonyl (C=O) groups is 2. The molecule has 124 valence electrons. The molecular weight excluding hydrogens is 324 g/mol. The molecule has 7 nitrogen and oxygen atoms in total. The maximum absolute atomic E-state index is 10.9. The molecule has 2 aromatic carbocycles. The van der Waals surface area contributed by atoms with E-state index in [9.17, 15) is 9.59 Å². The second-order valence-electron chi connectivity index (χ2n) is 5.23. The molecule has 0 aliphatic carbocycles. The van der Waals surface area contributed by atoms with Gasteiger partial charge in [0.15, 0.2) is 5.76 Å². The minimum Gasteiger partial charge on any atom is -0.472 e. The van der Waals surface area contributed by atoms with Crippen molar-refractivity contribution in [3.8, 4) is 23.2 Å². The van der Waals surface area contributed by atoms with Crippen molar-refractivity contribution < 1.29 is 24.3 Å². The number of aliphatic carboxylic acids is 1. The lowest BCUT2D eigenvalue weighted by molar-refractivity contribution is -0.130. The smallest absolute Gasteiger partial charge is 0.409 e. The van der Waals surface area contributed by atoms with Gasteiger partial charge in [0.1, 0.15) is 11.4 Å². The van der Waals surface area contributed by atoms with Crippen LogP contribution in [0, 0.1) is 18.8 Å². The summed E-state index contributed by atoms with van der Waals surface area (Å²) in [4.78, 5) is 21.4. The van der Waals surface area contributed by atoms with Crippen LogP contribution in [0.4, 0.5) is 10.5 Å². The third kappa shape index (κ3) is 3.43. The lowest BCUT2D eigenvalue weighted by atomic mass is 10.0. The zero-order chi connectivity index (χ0) is 18.0. The number of fused-ring (bicyclic) bond motifs is 1. The average molecular weight is 336 g/mol. The van der Waals surface area contributed by atoms with E-state index in [0.29, 0.717) is 28.3 Å². The van der Waals surface area contributed by atoms with Gasteiger partial charge in [-0.05, 0) is 35.9 Å². The number of carboxylic acid groups (broad SMARTS) is 2. The van der Waals surface area contributed by atoms with Crippen LogP contribution in [0.25, 0.3) is 22.1 Å². The van der Waals surface area contributed by atoms with Crippen LogP contribution in [0.2, 0.25) is 0 Å². The van der Waals surface area contributed by atoms with Crippen molar-refractivity contribution in [2.24, 2.45) is 0 Å². The predicted octanol–water partition coefficient (Wildman–Crippen LogP) is 3.33. The van der Waals surface area contributed by atoms with Crippen LogP contribution in [-0.2, 0) is 4.79 Å². The Hall–Kier alpha value is -3.79. The first-order valence-electron chi connectivity index (χ1n) is 7.19. The van der Waals surface area contributed by atoms with Gasteiger partial charge in [-0.15, -0.1) is 0 Å². The molecule has 0 saturated heterocycles. The molecule has 25 heavy (non-hydrogen) atoms. The van der Waals surface area contributed by atoms with Gasteiger partial charge in [-0.1, -0.05) is 29.3 Å². The number of rotatable bonds is 2. The summed E-state index contributed by atoms with van der Waals surface area (Å²) >= 11 is 0. The monoisotopic (exact) mass is 336 g/mol. The number of carboxylic acids is 1. The van der Waals surface area contributed by atoms with E-state index in [4.69, 9.17) is 14.7 Å². The maximum atomic E-state index is 10.9. The van der Waals surface area contributed by atoms with Gasteiger partial charge in [0.25, 0.3) is 0 Å². The fourth-order valence-electron chi connectivity index (χ4n) is 2.41. The number of aromatic nitrogens is 1. The summed E-state index contributed by atoms with van der Waals surface area (Å²) in [6.45, 7) is 1.65. The van der Waals surface area contributed by atoms with E-state index in [1.54, 1.807) is 31.2 Å². The summed E-state index contributed by atoms with van der Waals surface area (Å²) in [5, 5.41) is 25.4. The standard InChI is InChI=1S/C18H12N2O5/c1-10-16(19-18(23)24)17(25-20-10)14-6-5-12-8-11(3-7-15(21)22)2-4-13(12)9-14/h2,4-6,8-9,19H,1H3,(H,21,22)(H,23,24). The highest BCUT2D eigenvalue weighted by Gasteiger charge is 2.17. The normalized spacial score (nSPS) is 10.1. The molecule has 0 bridgehead atoms. The molecule has 0 spiro atoms. The van der Waals surface area contributed by atoms with E-state index in [-0.39, 0.29) is 0 Å². The van der Waals surface area contributed by atoms with Gasteiger partial charge in [0.2, 0.25) is 0 Å². The molecule has 3 rings (SSSR count). The number of hydrogen-bond donors (Lipinski definition) is 3. The van der Waals surface area contributed by atoms with Crippen LogP contribution < -0.4 is 5.32 Å². The molecule has 3 N–H and O–H groups in total. The van der Waals surface area contributed by atoms with Crippen molar-refractivity contribution in [3.05, 3.63) is 47.7 Å². The fraction of sp³-hybridized carbons (Fsp3) is 0.0556. The van der Waals surface area contributed by atoms with Gasteiger partial charge in [-0.3, -0.25) is 5.32 Å². The lowest BCUT2D eigenvalue weighted by Gasteiger charge is -2.04. The average Bonchev–Trinajstić information content (AvgIpc) is 2.92. The van der Waals surface area contributed by atoms with Crippen molar-refractivity contribution in [1.29, 1.82) is 0 Å². The van der Waals surface area contributed by atoms with Gasteiger partial charge in [0.05, 0.1) is 0 Å². The molecule has 0 atom stereocenters. The van der Waals surface area contributed by atoms with Crippen LogP contribution >= 0.6 is 0 Å². The lowest BCUT2D eigenvalue weighted by Crippen LogP contribution is -2.08. The summed E-state index contributed by atoms with van der Waals surface area (Å²) in [6.07, 6.45) is -1.20. The van der Waals surface area contributed by atoms with Crippen LogP contribution in [-0.4, -0.2) is 27.4 Å². The summed E-state index contributed by atoms with van der Waals surface area (Å²) in [6, 6.07) is 10.7. The van der Waals surface area contributed by atoms with Crippen molar-refractivity contribution in [2.75, 3.05) is 5.32 Å². The molecular formula is C18H12N2O5. The molecule has 0 radical (unpaired) electrons. The van der Waals surface area contributed by atoms with Gasteiger partial charge in [-0.2, -0.15) is 0 Å². The Morgan fingerprint density at radius 2 is 1.84 bits per heavy atom. The van der Waals surface area contributed by atoms with Gasteiger partial charge < -0.3 is 14.7 Å². The SMILES string of the molecule is Cc1noc(-c2ccc3cc(C#CC(=O)O)ccc3c2)c1NC(=O)O. The van der Waals surface area contributed by atoms with Crippen LogP contribution in [0.5, 0.6) is 0 Å². The Morgan fingerprint density at radius 3 is 2.56 bits per heavy atom. The molecule has 0 unspecified atom stereocenters. The van der Waals surface area contributed by atoms with E-state index < -0.39 is 12.1 Å². The number of amides is 1. The van der Waals surface area contributed by atoms with E-state index >= 15 is 0 Å². The summed E-state index contributed by atoms with van der Waals surface area (Å²) in [5.74, 6) is 3.78. The van der Waals surface area contributed by atoms with E-state index in [0.717, 1.165) is 10.8 Å². The van der Waals surface area contributed by atoms with Crippen molar-refractivity contribution in [3.63, 3.8) is 0 Å². The number of aryl methyl sites for hydroxylation is 1. The Kier molecular flexibility index (Phi) is 4.10. The second-order valence-corrected chi connectivity index (χ2v) is 5.23. The summed E-state index contributed by atoms with van der Waals surface area (Å²) < 4.78 is 5.26. The van der Waals surface area contributed by atoms with E-state index in [1.165, 1.54) is 0 Å². The quantitative estimate of drug-likeness (QED) is 0.619. The van der Waals surface area contributed by atoms with Crippen LogP contribution in [0.15, 0.2) is 40.9 Å². The van der Waals surface area contributed by atoms with Crippen LogP contribution in [0.1, 0.15) is 11.3 Å². The third-order valence-electron chi connectivity index (χ3n) is 3.51. The summed E-state index contributed by atoms with van der Waals surface area (Å²) in [7, 11) is 0. The number of nitrogens with one attached hydrogen (secondary N) is 1. The van der Waals surface area contributed by atoms with Crippen molar-refractivity contribution in [2.45, 2.75) is 6.92 Å². The summed E-state index contributed by atoms with van der Waals surface area (Å²) in [5.41, 5.74) is 2.00. The van der Waals surface area contributed by atoms with Crippen molar-refractivity contribution in [1.82, 2.24) is 5.16 Å². The minimum atomic E-state index is -1.20. The van der Waals surface area contributed by atoms with Gasteiger partial charge in [0, 0.05) is 17.0 Å². The first-order valence-corrected chi connectivity index (χ1v) is 7.19. The van der Waals surface area contributed by atoms with Crippen molar-refractivity contribution >= 4 is 28.5 Å². The van der Waals surface area contributed by atoms with Gasteiger partial charge in [-0.25, -0.2) is 9.59 Å². The number of anilines is 1. The molecule has 0 aliphatic rings. The molecule has 3 aromatic rings. The molecule has 0 aliphatic heterocycles. The minimum absolute atomic E-state index is 0.302. The highest BCUT2D eigenvalue weighted by Crippen LogP contribution is 2.32. The first-order chi connectivity index (χ1) is 11.9. The number of hydrogen-bond acceptors (Lipinski definition) is 4. The second kappa shape index (κ2) is 6.37. The van der Waals surface area contributed by atoms with E-state index in [2.05, 4.69) is 22.3 Å². The molecule has 0 fully saturated rings. The Bertz CT molecular complexity index is 1060. The molecule has 7 heteroatoms. The Balaban J connectivity index is 2.03. The number of benzene rings is 2. The number of nitrogens with zero attached hydrogens (tertiary/aromatic N) is 1. The molecule has 1 amide bonds. The largest absolute Gasteiger partial charge is 0.472 e. The topological polar surface area (TPSA) is 113 Å². The first kappa shape index (κ1) is 16.1. The Morgan fingerprint density at radius 1 is 1.12 bits per heavy atom. The third-order valence-corrected chi connectivity index (χ3v) is 3.51.